The molecular weight excluding hydrogens is 280 g/mol. The summed E-state index contributed by atoms with van der Waals surface area (Å²) < 4.78 is 10.4. The van der Waals surface area contributed by atoms with Gasteiger partial charge in [0.05, 0.1) is 20.4 Å². The summed E-state index contributed by atoms with van der Waals surface area (Å²) in [6, 6.07) is 5.42. The Bertz CT molecular complexity index is 585. The normalized spacial score (nSPS) is 10.0. The van der Waals surface area contributed by atoms with Crippen molar-refractivity contribution in [3.05, 3.63) is 29.4 Å². The molecule has 2 N–H and O–H groups in total. The average Bonchev–Trinajstić information content (AvgIpc) is 2.49. The predicted molar refractivity (Wildman–Crippen MR) is 79.4 cm³/mol. The van der Waals surface area contributed by atoms with Crippen LogP contribution in [0, 0.1) is 0 Å². The first-order valence-corrected chi connectivity index (χ1v) is 6.24. The molecule has 1 aromatic heterocycles. The first-order valence-electron chi connectivity index (χ1n) is 5.86. The van der Waals surface area contributed by atoms with Gasteiger partial charge < -0.3 is 20.1 Å². The second-order valence-electron chi connectivity index (χ2n) is 3.87. The molecule has 0 bridgehead atoms. The van der Waals surface area contributed by atoms with Crippen LogP contribution in [-0.4, -0.2) is 31.2 Å². The van der Waals surface area contributed by atoms with Crippen molar-refractivity contribution in [3.63, 3.8) is 0 Å². The standard InChI is InChI=1S/C13H15ClN4O2/c1-15-13-16-7-11(14)12(18-13)17-8-4-9(19-2)6-10(5-8)20-3/h4-7H,1-3H3,(H2,15,16,17,18). The largest absolute Gasteiger partial charge is 0.497 e. The number of ether oxygens (including phenoxy) is 2. The van der Waals surface area contributed by atoms with E-state index in [-0.39, 0.29) is 0 Å². The molecule has 20 heavy (non-hydrogen) atoms. The van der Waals surface area contributed by atoms with Crippen LogP contribution in [0.5, 0.6) is 11.5 Å². The van der Waals surface area contributed by atoms with Crippen LogP contribution in [-0.2, 0) is 0 Å². The number of methoxy groups -OCH3 is 2. The number of aromatic nitrogens is 2. The lowest BCUT2D eigenvalue weighted by Gasteiger charge is -2.11. The topological polar surface area (TPSA) is 68.3 Å². The summed E-state index contributed by atoms with van der Waals surface area (Å²) in [5.74, 6) is 2.32. The molecule has 2 aromatic rings. The Labute approximate surface area is 122 Å². The third kappa shape index (κ3) is 3.21. The molecule has 0 fully saturated rings. The van der Waals surface area contributed by atoms with Crippen LogP contribution < -0.4 is 20.1 Å². The van der Waals surface area contributed by atoms with Crippen molar-refractivity contribution in [1.29, 1.82) is 0 Å². The molecular formula is C13H15ClN4O2. The zero-order valence-electron chi connectivity index (χ0n) is 11.4. The molecule has 2 rings (SSSR count). The molecule has 0 unspecified atom stereocenters. The summed E-state index contributed by atoms with van der Waals surface area (Å²) in [7, 11) is 4.92. The second kappa shape index (κ2) is 6.29. The summed E-state index contributed by atoms with van der Waals surface area (Å²) in [5.41, 5.74) is 0.754. The second-order valence-corrected chi connectivity index (χ2v) is 4.27. The van der Waals surface area contributed by atoms with Crippen LogP contribution in [0.15, 0.2) is 24.4 Å². The number of anilines is 3. The van der Waals surface area contributed by atoms with E-state index in [2.05, 4.69) is 20.6 Å². The van der Waals surface area contributed by atoms with Gasteiger partial charge in [-0.25, -0.2) is 4.98 Å². The van der Waals surface area contributed by atoms with E-state index in [1.165, 1.54) is 6.20 Å². The molecule has 1 heterocycles. The van der Waals surface area contributed by atoms with Crippen molar-refractivity contribution < 1.29 is 9.47 Å². The fraction of sp³-hybridized carbons (Fsp3) is 0.231. The molecule has 0 spiro atoms. The fourth-order valence-corrected chi connectivity index (χ4v) is 1.73. The van der Waals surface area contributed by atoms with Gasteiger partial charge in [-0.2, -0.15) is 4.98 Å². The van der Waals surface area contributed by atoms with Crippen LogP contribution in [0.1, 0.15) is 0 Å². The van der Waals surface area contributed by atoms with Crippen LogP contribution in [0.4, 0.5) is 17.5 Å². The number of halogens is 1. The minimum Gasteiger partial charge on any atom is -0.497 e. The molecule has 7 heteroatoms. The van der Waals surface area contributed by atoms with E-state index < -0.39 is 0 Å². The molecule has 0 atom stereocenters. The minimum atomic E-state index is 0.422. The monoisotopic (exact) mass is 294 g/mol. The molecule has 0 aliphatic carbocycles. The number of rotatable bonds is 5. The Hall–Kier alpha value is -2.21. The van der Waals surface area contributed by atoms with Crippen molar-refractivity contribution >= 4 is 29.1 Å². The van der Waals surface area contributed by atoms with Crippen molar-refractivity contribution in [3.8, 4) is 11.5 Å². The Morgan fingerprint density at radius 2 is 1.75 bits per heavy atom. The van der Waals surface area contributed by atoms with Gasteiger partial charge in [-0.3, -0.25) is 0 Å². The van der Waals surface area contributed by atoms with E-state index in [1.54, 1.807) is 27.3 Å². The quantitative estimate of drug-likeness (QED) is 0.884. The SMILES string of the molecule is CNc1ncc(Cl)c(Nc2cc(OC)cc(OC)c2)n1. The summed E-state index contributed by atoms with van der Waals surface area (Å²) in [6.45, 7) is 0. The number of hydrogen-bond acceptors (Lipinski definition) is 6. The highest BCUT2D eigenvalue weighted by molar-refractivity contribution is 6.32. The van der Waals surface area contributed by atoms with E-state index in [9.17, 15) is 0 Å². The van der Waals surface area contributed by atoms with Crippen LogP contribution in [0.25, 0.3) is 0 Å². The van der Waals surface area contributed by atoms with Gasteiger partial charge in [0.1, 0.15) is 16.5 Å². The average molecular weight is 295 g/mol. The summed E-state index contributed by atoms with van der Waals surface area (Å²) >= 11 is 6.07. The van der Waals surface area contributed by atoms with E-state index >= 15 is 0 Å². The lowest BCUT2D eigenvalue weighted by atomic mass is 10.2. The van der Waals surface area contributed by atoms with Gasteiger partial charge in [0, 0.05) is 30.9 Å². The van der Waals surface area contributed by atoms with Crippen molar-refractivity contribution in [2.24, 2.45) is 0 Å². The summed E-state index contributed by atoms with van der Waals surface area (Å²) in [6.07, 6.45) is 1.53. The summed E-state index contributed by atoms with van der Waals surface area (Å²) in [4.78, 5) is 8.27. The van der Waals surface area contributed by atoms with Gasteiger partial charge in [-0.15, -0.1) is 0 Å². The molecule has 6 nitrogen and oxygen atoms in total. The highest BCUT2D eigenvalue weighted by Gasteiger charge is 2.07. The van der Waals surface area contributed by atoms with Crippen LogP contribution in [0.2, 0.25) is 5.02 Å². The highest BCUT2D eigenvalue weighted by atomic mass is 35.5. The van der Waals surface area contributed by atoms with Crippen molar-refractivity contribution in [2.75, 3.05) is 31.9 Å². The zero-order valence-corrected chi connectivity index (χ0v) is 12.2. The van der Waals surface area contributed by atoms with Gasteiger partial charge >= 0.3 is 0 Å². The molecule has 0 saturated heterocycles. The van der Waals surface area contributed by atoms with Crippen LogP contribution in [0.3, 0.4) is 0 Å². The summed E-state index contributed by atoms with van der Waals surface area (Å²) in [5, 5.41) is 6.39. The number of nitrogens with one attached hydrogen (secondary N) is 2. The number of nitrogens with zero attached hydrogens (tertiary/aromatic N) is 2. The Kier molecular flexibility index (Phi) is 4.47. The van der Waals surface area contributed by atoms with E-state index in [0.717, 1.165) is 5.69 Å². The van der Waals surface area contributed by atoms with E-state index in [1.807, 2.05) is 12.1 Å². The van der Waals surface area contributed by atoms with Crippen molar-refractivity contribution in [1.82, 2.24) is 9.97 Å². The zero-order chi connectivity index (χ0) is 14.5. The minimum absolute atomic E-state index is 0.422. The highest BCUT2D eigenvalue weighted by Crippen LogP contribution is 2.29. The third-order valence-electron chi connectivity index (χ3n) is 2.58. The molecule has 0 radical (unpaired) electrons. The maximum absolute atomic E-state index is 6.07. The molecule has 0 saturated carbocycles. The maximum Gasteiger partial charge on any atom is 0.224 e. The fourth-order valence-electron chi connectivity index (χ4n) is 1.59. The third-order valence-corrected chi connectivity index (χ3v) is 2.86. The number of hydrogen-bond donors (Lipinski definition) is 2. The van der Waals surface area contributed by atoms with Gasteiger partial charge in [0.2, 0.25) is 5.95 Å². The smallest absolute Gasteiger partial charge is 0.224 e. The number of benzene rings is 1. The molecule has 0 aliphatic heterocycles. The van der Waals surface area contributed by atoms with Crippen LogP contribution >= 0.6 is 11.6 Å². The predicted octanol–water partition coefficient (Wildman–Crippen LogP) is 2.93. The van der Waals surface area contributed by atoms with E-state index in [0.29, 0.717) is 28.3 Å². The van der Waals surface area contributed by atoms with Gasteiger partial charge in [0.25, 0.3) is 0 Å². The molecule has 1 aromatic carbocycles. The lowest BCUT2D eigenvalue weighted by molar-refractivity contribution is 0.395. The van der Waals surface area contributed by atoms with Gasteiger partial charge in [-0.1, -0.05) is 11.6 Å². The Morgan fingerprint density at radius 1 is 1.10 bits per heavy atom. The van der Waals surface area contributed by atoms with E-state index in [4.69, 9.17) is 21.1 Å². The van der Waals surface area contributed by atoms with Gasteiger partial charge in [-0.05, 0) is 0 Å². The lowest BCUT2D eigenvalue weighted by Crippen LogP contribution is -2.01. The molecule has 0 aliphatic rings. The molecule has 0 amide bonds. The maximum atomic E-state index is 6.07. The van der Waals surface area contributed by atoms with Crippen molar-refractivity contribution in [2.45, 2.75) is 0 Å². The first-order chi connectivity index (χ1) is 9.66. The first kappa shape index (κ1) is 14.2. The molecule has 106 valence electrons. The Morgan fingerprint density at radius 3 is 2.30 bits per heavy atom. The van der Waals surface area contributed by atoms with Gasteiger partial charge in [0.15, 0.2) is 5.82 Å². The Balaban J connectivity index is 2.33.